The molecule has 4 rings (SSSR count). The van der Waals surface area contributed by atoms with E-state index in [0.29, 0.717) is 24.8 Å². The van der Waals surface area contributed by atoms with E-state index in [9.17, 15) is 9.90 Å². The molecule has 2 aliphatic carbocycles. The van der Waals surface area contributed by atoms with Gasteiger partial charge in [0.05, 0.1) is 17.9 Å². The molecule has 0 radical (unpaired) electrons. The summed E-state index contributed by atoms with van der Waals surface area (Å²) in [6.45, 7) is 1.99. The molecule has 4 nitrogen and oxygen atoms in total. The van der Waals surface area contributed by atoms with Crippen molar-refractivity contribution in [2.24, 2.45) is 4.99 Å². The summed E-state index contributed by atoms with van der Waals surface area (Å²) in [6.07, 6.45) is 4.83. The van der Waals surface area contributed by atoms with Gasteiger partial charge in [0.2, 0.25) is 0 Å². The second-order valence-corrected chi connectivity index (χ2v) is 7.13. The second-order valence-electron chi connectivity index (χ2n) is 7.13. The number of benzene rings is 1. The van der Waals surface area contributed by atoms with Crippen LogP contribution in [0.15, 0.2) is 63.4 Å². The zero-order valence-corrected chi connectivity index (χ0v) is 14.9. The summed E-state index contributed by atoms with van der Waals surface area (Å²) >= 11 is 0. The van der Waals surface area contributed by atoms with Gasteiger partial charge in [-0.3, -0.25) is 9.79 Å². The number of hydrogen-bond acceptors (Lipinski definition) is 4. The molecule has 4 heteroatoms. The van der Waals surface area contributed by atoms with E-state index in [1.165, 1.54) is 11.1 Å². The first-order chi connectivity index (χ1) is 12.7. The smallest absolute Gasteiger partial charge is 0.168 e. The monoisotopic (exact) mass is 349 g/mol. The lowest BCUT2D eigenvalue weighted by Crippen LogP contribution is -2.24. The van der Waals surface area contributed by atoms with Crippen molar-refractivity contribution in [3.05, 3.63) is 70.9 Å². The molecule has 0 spiro atoms. The predicted octanol–water partition coefficient (Wildman–Crippen LogP) is 4.56. The molecular formula is C22H23NO3. The number of nitrogens with zero attached hydrogens (tertiary/aromatic N) is 1. The van der Waals surface area contributed by atoms with Crippen molar-refractivity contribution < 1.29 is 14.3 Å². The minimum absolute atomic E-state index is 0.0359. The Labute approximate surface area is 153 Å². The van der Waals surface area contributed by atoms with Gasteiger partial charge in [-0.25, -0.2) is 0 Å². The molecule has 1 aromatic carbocycles. The van der Waals surface area contributed by atoms with Crippen LogP contribution >= 0.6 is 0 Å². The normalized spacial score (nSPS) is 21.3. The number of fused-ring (bicyclic) bond motifs is 1. The molecule has 0 saturated heterocycles. The molecule has 0 fully saturated rings. The number of furan rings is 1. The number of hydrogen-bond donors (Lipinski definition) is 1. The van der Waals surface area contributed by atoms with E-state index in [-0.39, 0.29) is 23.5 Å². The van der Waals surface area contributed by atoms with Gasteiger partial charge in [0.1, 0.15) is 11.5 Å². The fourth-order valence-electron chi connectivity index (χ4n) is 4.13. The Morgan fingerprint density at radius 1 is 1.12 bits per heavy atom. The van der Waals surface area contributed by atoms with E-state index >= 15 is 0 Å². The van der Waals surface area contributed by atoms with Gasteiger partial charge < -0.3 is 9.52 Å². The molecule has 1 heterocycles. The molecule has 1 unspecified atom stereocenters. The summed E-state index contributed by atoms with van der Waals surface area (Å²) in [5.74, 6) is 0.783. The van der Waals surface area contributed by atoms with Crippen LogP contribution in [0.3, 0.4) is 0 Å². The zero-order valence-electron chi connectivity index (χ0n) is 14.9. The Morgan fingerprint density at radius 2 is 1.85 bits per heavy atom. The van der Waals surface area contributed by atoms with E-state index < -0.39 is 0 Å². The number of ketones is 1. The molecule has 0 amide bonds. The topological polar surface area (TPSA) is 62.8 Å². The van der Waals surface area contributed by atoms with E-state index in [0.717, 1.165) is 24.3 Å². The van der Waals surface area contributed by atoms with Crippen molar-refractivity contribution in [2.75, 3.05) is 0 Å². The Kier molecular flexibility index (Phi) is 4.49. The third-order valence-corrected chi connectivity index (χ3v) is 5.38. The third kappa shape index (κ3) is 3.12. The number of carbonyl (C=O) groups is 1. The molecule has 26 heavy (non-hydrogen) atoms. The van der Waals surface area contributed by atoms with Gasteiger partial charge in [-0.05, 0) is 42.5 Å². The summed E-state index contributed by atoms with van der Waals surface area (Å²) in [4.78, 5) is 17.6. The minimum Gasteiger partial charge on any atom is -0.511 e. The van der Waals surface area contributed by atoms with Gasteiger partial charge in [0.25, 0.3) is 0 Å². The first-order valence-electron chi connectivity index (χ1n) is 9.28. The molecular weight excluding hydrogens is 326 g/mol. The standard InChI is InChI=1S/C22H23NO3/c1-2-18(23-17-10-14-6-3-4-7-15(14)11-17)22-19(24)12-16(13-20(22)25)21-8-5-9-26-21/h3-9,16-17,24H,2,10-13H2,1H3. The van der Waals surface area contributed by atoms with Crippen molar-refractivity contribution >= 4 is 11.5 Å². The van der Waals surface area contributed by atoms with Gasteiger partial charge in [-0.2, -0.15) is 0 Å². The van der Waals surface area contributed by atoms with Crippen molar-refractivity contribution in [2.45, 2.75) is 51.0 Å². The van der Waals surface area contributed by atoms with Crippen LogP contribution in [0.25, 0.3) is 0 Å². The number of aliphatic hydroxyl groups excluding tert-OH is 1. The highest BCUT2D eigenvalue weighted by Gasteiger charge is 2.32. The van der Waals surface area contributed by atoms with Crippen LogP contribution in [0.1, 0.15) is 49.0 Å². The molecule has 1 aromatic heterocycles. The summed E-state index contributed by atoms with van der Waals surface area (Å²) in [6, 6.07) is 12.2. The van der Waals surface area contributed by atoms with Crippen LogP contribution in [0, 0.1) is 0 Å². The molecule has 1 N–H and O–H groups in total. The van der Waals surface area contributed by atoms with E-state index in [4.69, 9.17) is 9.41 Å². The SMILES string of the molecule is CCC(=NC1Cc2ccccc2C1)C1=C(O)CC(c2ccco2)CC1=O. The van der Waals surface area contributed by atoms with Gasteiger partial charge in [0.15, 0.2) is 5.78 Å². The molecule has 2 aromatic rings. The highest BCUT2D eigenvalue weighted by Crippen LogP contribution is 2.35. The molecule has 0 aliphatic heterocycles. The van der Waals surface area contributed by atoms with Crippen LogP contribution in [0.5, 0.6) is 0 Å². The quantitative estimate of drug-likeness (QED) is 0.823. The maximum Gasteiger partial charge on any atom is 0.168 e. The Bertz CT molecular complexity index is 852. The Morgan fingerprint density at radius 3 is 2.42 bits per heavy atom. The number of rotatable bonds is 4. The number of Topliss-reactive ketones (excluding diaryl/α,β-unsaturated/α-hetero) is 1. The Hall–Kier alpha value is -2.62. The fraction of sp³-hybridized carbons (Fsp3) is 0.364. The first kappa shape index (κ1) is 16.8. The number of carbonyl (C=O) groups excluding carboxylic acids is 1. The lowest BCUT2D eigenvalue weighted by Gasteiger charge is -2.23. The van der Waals surface area contributed by atoms with Gasteiger partial charge in [-0.15, -0.1) is 0 Å². The second kappa shape index (κ2) is 6.94. The van der Waals surface area contributed by atoms with Gasteiger partial charge in [-0.1, -0.05) is 31.2 Å². The van der Waals surface area contributed by atoms with E-state index in [1.54, 1.807) is 6.26 Å². The minimum atomic E-state index is -0.0879. The summed E-state index contributed by atoms with van der Waals surface area (Å²) in [7, 11) is 0. The highest BCUT2D eigenvalue weighted by atomic mass is 16.3. The number of allylic oxidation sites excluding steroid dienone is 2. The average molecular weight is 349 g/mol. The van der Waals surface area contributed by atoms with E-state index in [2.05, 4.69) is 24.3 Å². The van der Waals surface area contributed by atoms with Crippen molar-refractivity contribution in [3.8, 4) is 0 Å². The molecule has 134 valence electrons. The number of aliphatic imine (C=N–C) groups is 1. The van der Waals surface area contributed by atoms with Crippen LogP contribution in [-0.2, 0) is 17.6 Å². The third-order valence-electron chi connectivity index (χ3n) is 5.38. The van der Waals surface area contributed by atoms with Gasteiger partial charge in [0, 0.05) is 24.5 Å². The lowest BCUT2D eigenvalue weighted by atomic mass is 9.83. The molecule has 0 saturated carbocycles. The van der Waals surface area contributed by atoms with Gasteiger partial charge >= 0.3 is 0 Å². The van der Waals surface area contributed by atoms with Crippen molar-refractivity contribution in [3.63, 3.8) is 0 Å². The maximum absolute atomic E-state index is 12.8. The van der Waals surface area contributed by atoms with Crippen LogP contribution in [0.2, 0.25) is 0 Å². The van der Waals surface area contributed by atoms with Crippen molar-refractivity contribution in [1.29, 1.82) is 0 Å². The van der Waals surface area contributed by atoms with Crippen LogP contribution in [0.4, 0.5) is 0 Å². The Balaban J connectivity index is 1.58. The average Bonchev–Trinajstić information content (AvgIpc) is 3.29. The lowest BCUT2D eigenvalue weighted by molar-refractivity contribution is -0.116. The molecule has 0 bridgehead atoms. The van der Waals surface area contributed by atoms with Crippen molar-refractivity contribution in [1.82, 2.24) is 0 Å². The summed E-state index contributed by atoms with van der Waals surface area (Å²) < 4.78 is 5.42. The summed E-state index contributed by atoms with van der Waals surface area (Å²) in [5, 5.41) is 10.6. The van der Waals surface area contributed by atoms with Crippen LogP contribution in [-0.4, -0.2) is 22.6 Å². The zero-order chi connectivity index (χ0) is 18.1. The van der Waals surface area contributed by atoms with E-state index in [1.807, 2.05) is 19.1 Å². The molecule has 1 atom stereocenters. The number of aliphatic hydroxyl groups is 1. The maximum atomic E-state index is 12.8. The fourth-order valence-corrected chi connectivity index (χ4v) is 4.13. The summed E-state index contributed by atoms with van der Waals surface area (Å²) in [5.41, 5.74) is 3.85. The largest absolute Gasteiger partial charge is 0.511 e. The molecule has 2 aliphatic rings. The predicted molar refractivity (Wildman–Crippen MR) is 101 cm³/mol. The van der Waals surface area contributed by atoms with Crippen LogP contribution < -0.4 is 0 Å². The highest BCUT2D eigenvalue weighted by molar-refractivity contribution is 6.23. The first-order valence-corrected chi connectivity index (χ1v) is 9.28.